The van der Waals surface area contributed by atoms with E-state index in [0.29, 0.717) is 15.4 Å². The molecular weight excluding hydrogens is 368 g/mol. The lowest BCUT2D eigenvalue weighted by molar-refractivity contribution is -0.123. The number of nitriles is 1. The van der Waals surface area contributed by atoms with E-state index in [1.165, 1.54) is 11.8 Å². The molecule has 0 aliphatic rings. The van der Waals surface area contributed by atoms with Gasteiger partial charge >= 0.3 is 12.1 Å². The average Bonchev–Trinajstić information content (AvgIpc) is 2.67. The maximum absolute atomic E-state index is 12.3. The highest BCUT2D eigenvalue weighted by Gasteiger charge is 2.17. The van der Waals surface area contributed by atoms with Crippen molar-refractivity contribution in [2.24, 2.45) is 0 Å². The first-order valence-corrected chi connectivity index (χ1v) is 8.76. The average molecular weight is 384 g/mol. The first-order chi connectivity index (χ1) is 13.0. The Bertz CT molecular complexity index is 892. The number of nitrogens with zero attached hydrogens (tertiary/aromatic N) is 1. The molecule has 0 unspecified atom stereocenters. The standard InChI is InChI=1S/C19H16N2O5S/c1-2-25-19(24)21-17(22)12-26-18(23)14-8-4-6-10-16(14)27-15-9-5-3-7-13(15)11-20/h3-10H,2,12H2,1H3,(H,21,22,24). The van der Waals surface area contributed by atoms with Crippen molar-refractivity contribution in [1.29, 1.82) is 5.26 Å². The fourth-order valence-electron chi connectivity index (χ4n) is 2.02. The van der Waals surface area contributed by atoms with Crippen LogP contribution in [0.1, 0.15) is 22.8 Å². The highest BCUT2D eigenvalue weighted by Crippen LogP contribution is 2.32. The molecule has 8 heteroatoms. The summed E-state index contributed by atoms with van der Waals surface area (Å²) in [6.45, 7) is 1.10. The Hall–Kier alpha value is -3.31. The van der Waals surface area contributed by atoms with Gasteiger partial charge in [-0.05, 0) is 31.2 Å². The maximum Gasteiger partial charge on any atom is 0.413 e. The number of carbonyl (C=O) groups excluding carboxylic acids is 3. The number of rotatable bonds is 6. The van der Waals surface area contributed by atoms with Crippen molar-refractivity contribution in [3.05, 3.63) is 59.7 Å². The normalized spacial score (nSPS) is 9.78. The van der Waals surface area contributed by atoms with Crippen molar-refractivity contribution in [3.8, 4) is 6.07 Å². The Morgan fingerprint density at radius 3 is 2.41 bits per heavy atom. The predicted octanol–water partition coefficient (Wildman–Crippen LogP) is 3.14. The largest absolute Gasteiger partial charge is 0.452 e. The van der Waals surface area contributed by atoms with Crippen LogP contribution < -0.4 is 5.32 Å². The Morgan fingerprint density at radius 1 is 1.04 bits per heavy atom. The molecule has 2 rings (SSSR count). The van der Waals surface area contributed by atoms with Gasteiger partial charge in [-0.25, -0.2) is 9.59 Å². The zero-order chi connectivity index (χ0) is 19.6. The van der Waals surface area contributed by atoms with Crippen LogP contribution in [0, 0.1) is 11.3 Å². The second-order valence-corrected chi connectivity index (χ2v) is 6.13. The number of benzene rings is 2. The molecule has 0 atom stereocenters. The van der Waals surface area contributed by atoms with E-state index in [0.717, 1.165) is 0 Å². The third-order valence-electron chi connectivity index (χ3n) is 3.19. The molecule has 0 heterocycles. The molecule has 0 saturated heterocycles. The van der Waals surface area contributed by atoms with Crippen LogP contribution in [0.5, 0.6) is 0 Å². The summed E-state index contributed by atoms with van der Waals surface area (Å²) in [5.41, 5.74) is 0.735. The van der Waals surface area contributed by atoms with Crippen LogP contribution in [0.25, 0.3) is 0 Å². The van der Waals surface area contributed by atoms with E-state index < -0.39 is 24.6 Å². The third kappa shape index (κ3) is 5.87. The highest BCUT2D eigenvalue weighted by atomic mass is 32.2. The summed E-state index contributed by atoms with van der Waals surface area (Å²) in [5.74, 6) is -1.51. The van der Waals surface area contributed by atoms with Crippen molar-refractivity contribution in [3.63, 3.8) is 0 Å². The smallest absolute Gasteiger partial charge is 0.413 e. The molecule has 2 aromatic rings. The number of alkyl carbamates (subject to hydrolysis) is 1. The quantitative estimate of drug-likeness (QED) is 0.763. The fourth-order valence-corrected chi connectivity index (χ4v) is 3.03. The first-order valence-electron chi connectivity index (χ1n) is 7.95. The maximum atomic E-state index is 12.3. The number of esters is 1. The summed E-state index contributed by atoms with van der Waals surface area (Å²) in [4.78, 5) is 36.4. The number of hydrogen-bond acceptors (Lipinski definition) is 7. The van der Waals surface area contributed by atoms with Crippen LogP contribution in [0.15, 0.2) is 58.3 Å². The van der Waals surface area contributed by atoms with Gasteiger partial charge in [0, 0.05) is 9.79 Å². The fraction of sp³-hybridized carbons (Fsp3) is 0.158. The Labute approximate surface area is 160 Å². The minimum Gasteiger partial charge on any atom is -0.452 e. The molecule has 7 nitrogen and oxygen atoms in total. The first kappa shape index (κ1) is 20.0. The minimum atomic E-state index is -0.900. The lowest BCUT2D eigenvalue weighted by Gasteiger charge is -2.10. The van der Waals surface area contributed by atoms with Gasteiger partial charge in [-0.3, -0.25) is 10.1 Å². The lowest BCUT2D eigenvalue weighted by Crippen LogP contribution is -2.34. The molecule has 0 radical (unpaired) electrons. The molecule has 0 saturated carbocycles. The zero-order valence-electron chi connectivity index (χ0n) is 14.4. The molecule has 0 bridgehead atoms. The number of amides is 2. The van der Waals surface area contributed by atoms with Gasteiger partial charge in [0.05, 0.1) is 17.7 Å². The monoisotopic (exact) mass is 384 g/mol. The summed E-state index contributed by atoms with van der Waals surface area (Å²) >= 11 is 1.25. The highest BCUT2D eigenvalue weighted by molar-refractivity contribution is 7.99. The van der Waals surface area contributed by atoms with Crippen LogP contribution in [0.2, 0.25) is 0 Å². The van der Waals surface area contributed by atoms with Gasteiger partial charge in [0.2, 0.25) is 0 Å². The van der Waals surface area contributed by atoms with Gasteiger partial charge in [0.25, 0.3) is 5.91 Å². The number of hydrogen-bond donors (Lipinski definition) is 1. The molecule has 138 valence electrons. The summed E-state index contributed by atoms with van der Waals surface area (Å²) in [6, 6.07) is 15.8. The number of imide groups is 1. The Kier molecular flexibility index (Phi) is 7.40. The molecule has 0 aromatic heterocycles. The summed E-state index contributed by atoms with van der Waals surface area (Å²) < 4.78 is 9.54. The van der Waals surface area contributed by atoms with Crippen molar-refractivity contribution in [1.82, 2.24) is 5.32 Å². The van der Waals surface area contributed by atoms with Gasteiger partial charge in [-0.1, -0.05) is 36.0 Å². The van der Waals surface area contributed by atoms with Gasteiger partial charge < -0.3 is 9.47 Å². The minimum absolute atomic E-state index is 0.119. The summed E-state index contributed by atoms with van der Waals surface area (Å²) in [5, 5.41) is 11.1. The topological polar surface area (TPSA) is 105 Å². The molecule has 0 spiro atoms. The summed E-state index contributed by atoms with van der Waals surface area (Å²) in [7, 11) is 0. The van der Waals surface area contributed by atoms with Crippen LogP contribution in [0.4, 0.5) is 4.79 Å². The molecule has 27 heavy (non-hydrogen) atoms. The van der Waals surface area contributed by atoms with E-state index in [1.807, 2.05) is 5.32 Å². The second kappa shape index (κ2) is 9.99. The Balaban J connectivity index is 2.06. The van der Waals surface area contributed by atoms with Crippen LogP contribution in [0.3, 0.4) is 0 Å². The molecule has 0 fully saturated rings. The zero-order valence-corrected chi connectivity index (χ0v) is 15.2. The lowest BCUT2D eigenvalue weighted by atomic mass is 10.2. The second-order valence-electron chi connectivity index (χ2n) is 5.05. The number of ether oxygens (including phenoxy) is 2. The van der Waals surface area contributed by atoms with E-state index >= 15 is 0 Å². The molecule has 2 aromatic carbocycles. The van der Waals surface area contributed by atoms with Gasteiger partial charge in [0.1, 0.15) is 6.07 Å². The van der Waals surface area contributed by atoms with Crippen LogP contribution in [-0.4, -0.2) is 31.2 Å². The van der Waals surface area contributed by atoms with Gasteiger partial charge in [-0.15, -0.1) is 0 Å². The van der Waals surface area contributed by atoms with Crippen molar-refractivity contribution < 1.29 is 23.9 Å². The predicted molar refractivity (Wildman–Crippen MR) is 97.2 cm³/mol. The number of nitrogens with one attached hydrogen (secondary N) is 1. The molecule has 2 amide bonds. The van der Waals surface area contributed by atoms with Crippen molar-refractivity contribution in [2.75, 3.05) is 13.2 Å². The number of carbonyl (C=O) groups is 3. The molecule has 1 N–H and O–H groups in total. The Morgan fingerprint density at radius 2 is 1.70 bits per heavy atom. The molecule has 0 aliphatic carbocycles. The van der Waals surface area contributed by atoms with Crippen LogP contribution in [-0.2, 0) is 14.3 Å². The van der Waals surface area contributed by atoms with Crippen molar-refractivity contribution in [2.45, 2.75) is 16.7 Å². The van der Waals surface area contributed by atoms with E-state index in [4.69, 9.17) is 4.74 Å². The van der Waals surface area contributed by atoms with E-state index in [9.17, 15) is 19.6 Å². The van der Waals surface area contributed by atoms with Crippen LogP contribution >= 0.6 is 11.8 Å². The van der Waals surface area contributed by atoms with E-state index in [-0.39, 0.29) is 12.2 Å². The molecule has 0 aliphatic heterocycles. The van der Waals surface area contributed by atoms with Gasteiger partial charge in [-0.2, -0.15) is 5.26 Å². The van der Waals surface area contributed by atoms with Crippen molar-refractivity contribution >= 4 is 29.7 Å². The third-order valence-corrected chi connectivity index (χ3v) is 4.34. The van der Waals surface area contributed by atoms with E-state index in [2.05, 4.69) is 10.8 Å². The summed E-state index contributed by atoms with van der Waals surface area (Å²) in [6.07, 6.45) is -0.900. The van der Waals surface area contributed by atoms with E-state index in [1.54, 1.807) is 55.5 Å². The van der Waals surface area contributed by atoms with Gasteiger partial charge in [0.15, 0.2) is 6.61 Å². The SMILES string of the molecule is CCOC(=O)NC(=O)COC(=O)c1ccccc1Sc1ccccc1C#N. The molecular formula is C19H16N2O5S.